The van der Waals surface area contributed by atoms with Gasteiger partial charge in [0.05, 0.1) is 22.5 Å². The maximum absolute atomic E-state index is 13.9. The van der Waals surface area contributed by atoms with Crippen LogP contribution in [0.15, 0.2) is 58.5 Å². The lowest BCUT2D eigenvalue weighted by molar-refractivity contribution is -0.113. The summed E-state index contributed by atoms with van der Waals surface area (Å²) in [4.78, 5) is 35.3. The first-order valence-electron chi connectivity index (χ1n) is 10.9. The van der Waals surface area contributed by atoms with Crippen LogP contribution in [-0.2, 0) is 17.8 Å². The highest BCUT2D eigenvalue weighted by Crippen LogP contribution is 2.34. The molecule has 174 valence electrons. The lowest BCUT2D eigenvalue weighted by Gasteiger charge is -2.21. The third-order valence-corrected chi connectivity index (χ3v) is 7.86. The van der Waals surface area contributed by atoms with Crippen LogP contribution in [0.4, 0.5) is 10.1 Å². The van der Waals surface area contributed by atoms with E-state index < -0.39 is 5.82 Å². The molecule has 0 atom stereocenters. The first-order valence-corrected chi connectivity index (χ1v) is 12.7. The first kappa shape index (κ1) is 22.8. The molecule has 1 aliphatic rings. The van der Waals surface area contributed by atoms with Gasteiger partial charge < -0.3 is 10.2 Å². The van der Waals surface area contributed by atoms with Crippen molar-refractivity contribution in [2.75, 3.05) is 24.7 Å². The normalized spacial score (nSPS) is 13.7. The van der Waals surface area contributed by atoms with Crippen LogP contribution >= 0.6 is 23.1 Å². The van der Waals surface area contributed by atoms with Gasteiger partial charge in [0.2, 0.25) is 5.91 Å². The number of rotatable bonds is 5. The molecule has 9 heteroatoms. The van der Waals surface area contributed by atoms with Crippen LogP contribution < -0.4 is 10.9 Å². The number of aromatic nitrogens is 2. The Labute approximate surface area is 204 Å². The van der Waals surface area contributed by atoms with Crippen molar-refractivity contribution in [1.29, 1.82) is 0 Å². The monoisotopic (exact) mass is 494 g/mol. The molecule has 0 aliphatic carbocycles. The molecule has 3 heterocycles. The van der Waals surface area contributed by atoms with Gasteiger partial charge in [-0.1, -0.05) is 41.6 Å². The number of hydrogen-bond acceptors (Lipinski definition) is 6. The Balaban J connectivity index is 1.54. The number of carbonyl (C=O) groups is 1. The Morgan fingerprint density at radius 3 is 2.74 bits per heavy atom. The number of thioether (sulfide) groups is 1. The minimum Gasteiger partial charge on any atom is -0.323 e. The van der Waals surface area contributed by atoms with E-state index in [1.807, 2.05) is 31.2 Å². The van der Waals surface area contributed by atoms with Gasteiger partial charge in [0, 0.05) is 18.0 Å². The number of benzene rings is 2. The van der Waals surface area contributed by atoms with Gasteiger partial charge in [-0.05, 0) is 50.2 Å². The van der Waals surface area contributed by atoms with E-state index in [0.29, 0.717) is 21.1 Å². The number of likely N-dealkylation sites (N-methyl/N-ethyl adjacent to an activating group) is 1. The largest absolute Gasteiger partial charge is 0.323 e. The summed E-state index contributed by atoms with van der Waals surface area (Å²) < 4.78 is 15.5. The molecule has 6 nitrogen and oxygen atoms in total. The molecule has 1 amide bonds. The molecule has 4 aromatic rings. The van der Waals surface area contributed by atoms with Crippen LogP contribution in [-0.4, -0.2) is 39.7 Å². The topological polar surface area (TPSA) is 67.2 Å². The van der Waals surface area contributed by atoms with Crippen molar-refractivity contribution < 1.29 is 9.18 Å². The van der Waals surface area contributed by atoms with Crippen molar-refractivity contribution in [3.8, 4) is 5.69 Å². The van der Waals surface area contributed by atoms with Crippen LogP contribution in [0.25, 0.3) is 15.9 Å². The zero-order chi connectivity index (χ0) is 23.8. The summed E-state index contributed by atoms with van der Waals surface area (Å²) in [5.74, 6) is -0.871. The van der Waals surface area contributed by atoms with Crippen LogP contribution in [0.2, 0.25) is 0 Å². The number of amides is 1. The van der Waals surface area contributed by atoms with Gasteiger partial charge in [-0.15, -0.1) is 11.3 Å². The Bertz CT molecular complexity index is 1450. The molecule has 1 N–H and O–H groups in total. The van der Waals surface area contributed by atoms with Gasteiger partial charge >= 0.3 is 0 Å². The number of carbonyl (C=O) groups excluding carboxylic acids is 1. The molecule has 2 aromatic carbocycles. The number of thiophene rings is 1. The maximum Gasteiger partial charge on any atom is 0.267 e. The number of hydrogen-bond donors (Lipinski definition) is 1. The standard InChI is InChI=1S/C25H23FN4O2S2/c1-15-7-9-16(10-8-15)30-24(32)22-17-11-12-29(2)13-20(17)34-23(22)28-25(30)33-14-21(31)27-19-6-4-3-5-18(19)26/h3-10H,11-14H2,1-2H3,(H,27,31). The van der Waals surface area contributed by atoms with E-state index in [1.54, 1.807) is 28.0 Å². The molecule has 0 spiro atoms. The summed E-state index contributed by atoms with van der Waals surface area (Å²) in [6, 6.07) is 13.7. The smallest absolute Gasteiger partial charge is 0.267 e. The average molecular weight is 495 g/mol. The van der Waals surface area contributed by atoms with E-state index in [-0.39, 0.29) is 22.9 Å². The Morgan fingerprint density at radius 2 is 1.97 bits per heavy atom. The lowest BCUT2D eigenvalue weighted by Crippen LogP contribution is -2.27. The van der Waals surface area contributed by atoms with Gasteiger partial charge in [0.15, 0.2) is 5.16 Å². The van der Waals surface area contributed by atoms with Crippen molar-refractivity contribution in [2.24, 2.45) is 0 Å². The van der Waals surface area contributed by atoms with Crippen molar-refractivity contribution in [2.45, 2.75) is 25.0 Å². The van der Waals surface area contributed by atoms with E-state index in [9.17, 15) is 14.0 Å². The van der Waals surface area contributed by atoms with Crippen LogP contribution in [0.3, 0.4) is 0 Å². The third kappa shape index (κ3) is 4.38. The maximum atomic E-state index is 13.9. The van der Waals surface area contributed by atoms with Gasteiger partial charge in [-0.2, -0.15) is 0 Å². The minimum absolute atomic E-state index is 0.00797. The second-order valence-electron chi connectivity index (χ2n) is 8.36. The van der Waals surface area contributed by atoms with Gasteiger partial charge in [0.25, 0.3) is 5.56 Å². The van der Waals surface area contributed by atoms with E-state index in [2.05, 4.69) is 17.3 Å². The molecule has 1 aliphatic heterocycles. The van der Waals surface area contributed by atoms with E-state index >= 15 is 0 Å². The highest BCUT2D eigenvalue weighted by Gasteiger charge is 2.24. The Hall–Kier alpha value is -3.01. The SMILES string of the molecule is Cc1ccc(-n2c(SCC(=O)Nc3ccccc3F)nc3sc4c(c3c2=O)CCN(C)C4)cc1. The van der Waals surface area contributed by atoms with Crippen molar-refractivity contribution in [3.63, 3.8) is 0 Å². The number of anilines is 1. The molecule has 0 bridgehead atoms. The number of aryl methyl sites for hydroxylation is 1. The number of fused-ring (bicyclic) bond motifs is 3. The summed E-state index contributed by atoms with van der Waals surface area (Å²) >= 11 is 2.72. The van der Waals surface area contributed by atoms with Crippen molar-refractivity contribution >= 4 is 44.9 Å². The molecule has 0 saturated carbocycles. The van der Waals surface area contributed by atoms with Crippen molar-refractivity contribution in [3.05, 3.63) is 80.7 Å². The Kier molecular flexibility index (Phi) is 6.24. The van der Waals surface area contributed by atoms with Crippen LogP contribution in [0.5, 0.6) is 0 Å². The molecule has 5 rings (SSSR count). The van der Waals surface area contributed by atoms with Crippen LogP contribution in [0, 0.1) is 12.7 Å². The zero-order valence-corrected chi connectivity index (χ0v) is 20.4. The first-order chi connectivity index (χ1) is 16.4. The fourth-order valence-corrected chi connectivity index (χ4v) is 6.20. The second kappa shape index (κ2) is 9.32. The minimum atomic E-state index is -0.494. The molecule has 34 heavy (non-hydrogen) atoms. The van der Waals surface area contributed by atoms with E-state index in [4.69, 9.17) is 4.98 Å². The number of para-hydroxylation sites is 1. The summed E-state index contributed by atoms with van der Waals surface area (Å²) in [6.45, 7) is 3.69. The van der Waals surface area contributed by atoms with Gasteiger partial charge in [-0.3, -0.25) is 14.2 Å². The quantitative estimate of drug-likeness (QED) is 0.324. The predicted molar refractivity (Wildman–Crippen MR) is 136 cm³/mol. The zero-order valence-electron chi connectivity index (χ0n) is 18.8. The fourth-order valence-electron chi connectivity index (χ4n) is 4.05. The third-order valence-electron chi connectivity index (χ3n) is 5.81. The van der Waals surface area contributed by atoms with Crippen molar-refractivity contribution in [1.82, 2.24) is 14.5 Å². The number of nitrogens with zero attached hydrogens (tertiary/aromatic N) is 3. The fraction of sp³-hybridized carbons (Fsp3) is 0.240. The highest BCUT2D eigenvalue weighted by atomic mass is 32.2. The van der Waals surface area contributed by atoms with Gasteiger partial charge in [-0.25, -0.2) is 9.37 Å². The highest BCUT2D eigenvalue weighted by molar-refractivity contribution is 7.99. The van der Waals surface area contributed by atoms with E-state index in [1.165, 1.54) is 28.8 Å². The molecule has 0 fully saturated rings. The van der Waals surface area contributed by atoms with Crippen LogP contribution in [0.1, 0.15) is 16.0 Å². The molecule has 2 aromatic heterocycles. The Morgan fingerprint density at radius 1 is 1.21 bits per heavy atom. The summed E-state index contributed by atoms with van der Waals surface area (Å²) in [5, 5.41) is 3.71. The summed E-state index contributed by atoms with van der Waals surface area (Å²) in [6.07, 6.45) is 0.814. The molecule has 0 radical (unpaired) electrons. The second-order valence-corrected chi connectivity index (χ2v) is 10.4. The molecule has 0 saturated heterocycles. The molecular weight excluding hydrogens is 471 g/mol. The molecular formula is C25H23FN4O2S2. The summed E-state index contributed by atoms with van der Waals surface area (Å²) in [7, 11) is 2.07. The average Bonchev–Trinajstić information content (AvgIpc) is 3.17. The van der Waals surface area contributed by atoms with Gasteiger partial charge in [0.1, 0.15) is 10.6 Å². The number of halogens is 1. The summed E-state index contributed by atoms with van der Waals surface area (Å²) in [5.41, 5.74) is 2.89. The lowest BCUT2D eigenvalue weighted by atomic mass is 10.1. The van der Waals surface area contributed by atoms with E-state index in [0.717, 1.165) is 30.6 Å². The molecule has 0 unspecified atom stereocenters. The number of nitrogens with one attached hydrogen (secondary N) is 1. The predicted octanol–water partition coefficient (Wildman–Crippen LogP) is 4.61.